The van der Waals surface area contributed by atoms with Crippen LogP contribution < -0.4 is 5.32 Å². The summed E-state index contributed by atoms with van der Waals surface area (Å²) >= 11 is 2.07. The zero-order valence-electron chi connectivity index (χ0n) is 11.0. The molecule has 1 atom stereocenters. The van der Waals surface area contributed by atoms with Crippen LogP contribution in [0.25, 0.3) is 0 Å². The number of hydrogen-bond donors (Lipinski definition) is 1. The predicted octanol–water partition coefficient (Wildman–Crippen LogP) is 2.24. The fourth-order valence-electron chi connectivity index (χ4n) is 2.26. The highest BCUT2D eigenvalue weighted by Gasteiger charge is 2.18. The number of nitrogens with zero attached hydrogens (tertiary/aromatic N) is 1. The molecule has 0 aromatic carbocycles. The third-order valence-electron chi connectivity index (χ3n) is 3.11. The van der Waals surface area contributed by atoms with E-state index in [4.69, 9.17) is 4.42 Å². The molecule has 0 saturated carbocycles. The molecule has 1 unspecified atom stereocenters. The Hall–Kier alpha value is -0.450. The molecule has 0 radical (unpaired) electrons. The van der Waals surface area contributed by atoms with E-state index in [2.05, 4.69) is 41.9 Å². The Morgan fingerprint density at radius 3 is 3.12 bits per heavy atom. The van der Waals surface area contributed by atoms with Crippen LogP contribution in [0.5, 0.6) is 0 Å². The van der Waals surface area contributed by atoms with Crippen LogP contribution in [0.3, 0.4) is 0 Å². The van der Waals surface area contributed by atoms with Gasteiger partial charge in [-0.3, -0.25) is 4.90 Å². The first-order valence-corrected chi connectivity index (χ1v) is 7.30. The van der Waals surface area contributed by atoms with E-state index in [1.165, 1.54) is 24.4 Å². The van der Waals surface area contributed by atoms with Crippen LogP contribution in [0.2, 0.25) is 0 Å². The first-order valence-electron chi connectivity index (χ1n) is 6.25. The Bertz CT molecular complexity index is 364. The summed E-state index contributed by atoms with van der Waals surface area (Å²) < 4.78 is 5.88. The Morgan fingerprint density at radius 2 is 2.41 bits per heavy atom. The number of thioether (sulfide) groups is 1. The van der Waals surface area contributed by atoms with E-state index >= 15 is 0 Å². The fourth-order valence-corrected chi connectivity index (χ4v) is 3.34. The first-order chi connectivity index (χ1) is 8.19. The summed E-state index contributed by atoms with van der Waals surface area (Å²) in [5, 5.41) is 3.88. The van der Waals surface area contributed by atoms with Crippen molar-refractivity contribution in [2.24, 2.45) is 0 Å². The van der Waals surface area contributed by atoms with Crippen molar-refractivity contribution in [2.75, 3.05) is 25.9 Å². The minimum atomic E-state index is 0.747. The molecule has 96 valence electrons. The largest absolute Gasteiger partial charge is 0.463 e. The SMILES string of the molecule is CNCc1oc(CN2CCSC(C)C2)cc1C. The maximum atomic E-state index is 5.88. The van der Waals surface area contributed by atoms with Crippen LogP contribution in [0.1, 0.15) is 24.0 Å². The lowest BCUT2D eigenvalue weighted by Gasteiger charge is -2.29. The molecule has 2 heterocycles. The van der Waals surface area contributed by atoms with Gasteiger partial charge in [0.2, 0.25) is 0 Å². The van der Waals surface area contributed by atoms with Gasteiger partial charge in [-0.1, -0.05) is 6.92 Å². The molecule has 3 nitrogen and oxygen atoms in total. The summed E-state index contributed by atoms with van der Waals surface area (Å²) in [7, 11) is 1.95. The topological polar surface area (TPSA) is 28.4 Å². The Kier molecular flexibility index (Phi) is 4.54. The molecule has 1 aliphatic rings. The normalized spacial score (nSPS) is 21.9. The summed E-state index contributed by atoms with van der Waals surface area (Å²) in [5.74, 6) is 3.42. The fraction of sp³-hybridized carbons (Fsp3) is 0.692. The van der Waals surface area contributed by atoms with Crippen molar-refractivity contribution in [1.29, 1.82) is 0 Å². The van der Waals surface area contributed by atoms with E-state index in [0.29, 0.717) is 0 Å². The van der Waals surface area contributed by atoms with Crippen LogP contribution in [0.15, 0.2) is 10.5 Å². The zero-order chi connectivity index (χ0) is 12.3. The number of nitrogens with one attached hydrogen (secondary N) is 1. The zero-order valence-corrected chi connectivity index (χ0v) is 11.8. The van der Waals surface area contributed by atoms with Crippen molar-refractivity contribution in [2.45, 2.75) is 32.2 Å². The van der Waals surface area contributed by atoms with Crippen molar-refractivity contribution >= 4 is 11.8 Å². The number of aryl methyl sites for hydroxylation is 1. The first kappa shape index (κ1) is 13.0. The van der Waals surface area contributed by atoms with Crippen molar-refractivity contribution in [3.05, 3.63) is 23.2 Å². The third kappa shape index (κ3) is 3.50. The van der Waals surface area contributed by atoms with Gasteiger partial charge >= 0.3 is 0 Å². The quantitative estimate of drug-likeness (QED) is 0.892. The Morgan fingerprint density at radius 1 is 1.59 bits per heavy atom. The van der Waals surface area contributed by atoms with E-state index in [0.717, 1.165) is 29.9 Å². The van der Waals surface area contributed by atoms with Gasteiger partial charge in [0, 0.05) is 24.1 Å². The number of rotatable bonds is 4. The maximum Gasteiger partial charge on any atom is 0.120 e. The molecule has 1 N–H and O–H groups in total. The van der Waals surface area contributed by atoms with E-state index < -0.39 is 0 Å². The minimum Gasteiger partial charge on any atom is -0.463 e. The van der Waals surface area contributed by atoms with E-state index in [-0.39, 0.29) is 0 Å². The summed E-state index contributed by atoms with van der Waals surface area (Å²) in [6.45, 7) is 8.54. The highest BCUT2D eigenvalue weighted by Crippen LogP contribution is 2.21. The Balaban J connectivity index is 1.95. The molecule has 1 aromatic rings. The monoisotopic (exact) mass is 254 g/mol. The minimum absolute atomic E-state index is 0.747. The Labute approximate surface area is 108 Å². The standard InChI is InChI=1S/C13H22N2OS/c1-10-6-12(16-13(10)7-14-3)9-15-4-5-17-11(2)8-15/h6,11,14H,4-5,7-9H2,1-3H3. The molecule has 1 fully saturated rings. The van der Waals surface area contributed by atoms with Crippen molar-refractivity contribution in [3.63, 3.8) is 0 Å². The average Bonchev–Trinajstić information content (AvgIpc) is 2.60. The molecular weight excluding hydrogens is 232 g/mol. The van der Waals surface area contributed by atoms with Gasteiger partial charge in [0.25, 0.3) is 0 Å². The van der Waals surface area contributed by atoms with Crippen molar-refractivity contribution in [1.82, 2.24) is 10.2 Å². The van der Waals surface area contributed by atoms with Gasteiger partial charge in [-0.25, -0.2) is 0 Å². The van der Waals surface area contributed by atoms with Crippen LogP contribution in [-0.4, -0.2) is 36.0 Å². The third-order valence-corrected chi connectivity index (χ3v) is 4.25. The molecule has 0 aliphatic carbocycles. The predicted molar refractivity (Wildman–Crippen MR) is 73.4 cm³/mol. The van der Waals surface area contributed by atoms with Gasteiger partial charge in [0.05, 0.1) is 13.1 Å². The van der Waals surface area contributed by atoms with Crippen LogP contribution in [0.4, 0.5) is 0 Å². The highest BCUT2D eigenvalue weighted by molar-refractivity contribution is 7.99. The molecule has 1 aliphatic heterocycles. The second-order valence-electron chi connectivity index (χ2n) is 4.77. The molecule has 17 heavy (non-hydrogen) atoms. The summed E-state index contributed by atoms with van der Waals surface area (Å²) in [5.41, 5.74) is 1.26. The lowest BCUT2D eigenvalue weighted by atomic mass is 10.2. The van der Waals surface area contributed by atoms with Gasteiger partial charge in [-0.05, 0) is 25.6 Å². The molecule has 1 saturated heterocycles. The summed E-state index contributed by atoms with van der Waals surface area (Å²) in [6.07, 6.45) is 0. The summed E-state index contributed by atoms with van der Waals surface area (Å²) in [4.78, 5) is 2.49. The van der Waals surface area contributed by atoms with E-state index in [1.54, 1.807) is 0 Å². The lowest BCUT2D eigenvalue weighted by molar-refractivity contribution is 0.251. The molecule has 0 amide bonds. The molecular formula is C13H22N2OS. The summed E-state index contributed by atoms with van der Waals surface area (Å²) in [6, 6.07) is 2.18. The van der Waals surface area contributed by atoms with Crippen molar-refractivity contribution < 1.29 is 4.42 Å². The molecule has 0 spiro atoms. The second-order valence-corrected chi connectivity index (χ2v) is 6.31. The average molecular weight is 254 g/mol. The lowest BCUT2D eigenvalue weighted by Crippen LogP contribution is -2.35. The van der Waals surface area contributed by atoms with Gasteiger partial charge in [0.1, 0.15) is 11.5 Å². The molecule has 1 aromatic heterocycles. The number of hydrogen-bond acceptors (Lipinski definition) is 4. The van der Waals surface area contributed by atoms with Crippen molar-refractivity contribution in [3.8, 4) is 0 Å². The van der Waals surface area contributed by atoms with Crippen LogP contribution >= 0.6 is 11.8 Å². The molecule has 2 rings (SSSR count). The smallest absolute Gasteiger partial charge is 0.120 e. The molecule has 0 bridgehead atoms. The van der Waals surface area contributed by atoms with Gasteiger partial charge < -0.3 is 9.73 Å². The highest BCUT2D eigenvalue weighted by atomic mass is 32.2. The van der Waals surface area contributed by atoms with Crippen LogP contribution in [-0.2, 0) is 13.1 Å². The number of furan rings is 1. The maximum absolute atomic E-state index is 5.88. The van der Waals surface area contributed by atoms with E-state index in [9.17, 15) is 0 Å². The molecule has 4 heteroatoms. The van der Waals surface area contributed by atoms with Gasteiger partial charge in [0.15, 0.2) is 0 Å². The van der Waals surface area contributed by atoms with Crippen LogP contribution in [0, 0.1) is 6.92 Å². The van der Waals surface area contributed by atoms with E-state index in [1.807, 2.05) is 7.05 Å². The second kappa shape index (κ2) is 5.94. The van der Waals surface area contributed by atoms with Gasteiger partial charge in [-0.15, -0.1) is 0 Å². The van der Waals surface area contributed by atoms with Gasteiger partial charge in [-0.2, -0.15) is 11.8 Å².